The molecule has 0 aliphatic carbocycles. The van der Waals surface area contributed by atoms with Gasteiger partial charge >= 0.3 is 0 Å². The Morgan fingerprint density at radius 1 is 0.271 bits per heavy atom. The van der Waals surface area contributed by atoms with Crippen LogP contribution in [0.1, 0.15) is 207 Å². The second-order valence-electron chi connectivity index (χ2n) is 16.2. The van der Waals surface area contributed by atoms with Crippen molar-refractivity contribution in [3.05, 3.63) is 35.4 Å². The van der Waals surface area contributed by atoms with Gasteiger partial charge in [-0.25, -0.2) is 0 Å². The van der Waals surface area contributed by atoms with E-state index in [1.54, 1.807) is 11.1 Å². The minimum Gasteiger partial charge on any atom is -0.323 e. The van der Waals surface area contributed by atoms with Crippen molar-refractivity contribution in [2.45, 2.75) is 208 Å². The highest BCUT2D eigenvalue weighted by molar-refractivity contribution is 5.22. The maximum absolute atomic E-state index is 2.52. The second-order valence-corrected chi connectivity index (χ2v) is 16.2. The summed E-state index contributed by atoms with van der Waals surface area (Å²) in [6.07, 6.45) is 36.1. The summed E-state index contributed by atoms with van der Waals surface area (Å²) in [6.45, 7) is 25.3. The van der Waals surface area contributed by atoms with Crippen molar-refractivity contribution in [2.24, 2.45) is 0 Å². The molecule has 1 aromatic rings. The van der Waals surface area contributed by atoms with Crippen LogP contribution in [0.3, 0.4) is 0 Å². The fourth-order valence-corrected chi connectivity index (χ4v) is 8.19. The fourth-order valence-electron chi connectivity index (χ4n) is 8.19. The van der Waals surface area contributed by atoms with Crippen molar-refractivity contribution in [3.8, 4) is 0 Å². The number of benzene rings is 1. The highest BCUT2D eigenvalue weighted by atomic mass is 15.4. The molecule has 0 amide bonds. The zero-order valence-corrected chi connectivity index (χ0v) is 34.2. The third-order valence-electron chi connectivity index (χ3n) is 11.7. The second kappa shape index (κ2) is 30.9. The lowest BCUT2D eigenvalue weighted by molar-refractivity contribution is -0.928. The van der Waals surface area contributed by atoms with E-state index in [0.29, 0.717) is 0 Å². The molecule has 0 fully saturated rings. The van der Waals surface area contributed by atoms with Gasteiger partial charge in [0.15, 0.2) is 0 Å². The van der Waals surface area contributed by atoms with Gasteiger partial charge in [-0.2, -0.15) is 0 Å². The van der Waals surface area contributed by atoms with E-state index in [1.165, 1.54) is 228 Å². The fraction of sp³-hybridized carbons (Fsp3) is 0.870. The summed E-state index contributed by atoms with van der Waals surface area (Å²) in [4.78, 5) is 0. The van der Waals surface area contributed by atoms with Crippen LogP contribution >= 0.6 is 0 Å². The Kier molecular flexibility index (Phi) is 29.1. The van der Waals surface area contributed by atoms with Crippen molar-refractivity contribution in [3.63, 3.8) is 0 Å². The van der Waals surface area contributed by atoms with Crippen LogP contribution in [-0.2, 0) is 12.8 Å². The summed E-state index contributed by atoms with van der Waals surface area (Å²) in [7, 11) is 0. The van der Waals surface area contributed by atoms with E-state index in [9.17, 15) is 0 Å². The quantitative estimate of drug-likeness (QED) is 0.0492. The van der Waals surface area contributed by atoms with E-state index in [1.807, 2.05) is 0 Å². The van der Waals surface area contributed by atoms with Gasteiger partial charge in [-0.1, -0.05) is 143 Å². The number of unbranched alkanes of at least 4 members (excludes halogenated alkanes) is 18. The van der Waals surface area contributed by atoms with Crippen LogP contribution in [0.15, 0.2) is 24.3 Å². The molecule has 0 saturated carbocycles. The Labute approximate surface area is 304 Å². The highest BCUT2D eigenvalue weighted by Gasteiger charge is 2.27. The van der Waals surface area contributed by atoms with Gasteiger partial charge in [0, 0.05) is 12.8 Å². The number of hydrogen-bond acceptors (Lipinski definition) is 0. The molecule has 0 bridgehead atoms. The van der Waals surface area contributed by atoms with Crippen LogP contribution in [0.25, 0.3) is 0 Å². The van der Waals surface area contributed by atoms with Crippen molar-refractivity contribution < 1.29 is 8.97 Å². The van der Waals surface area contributed by atoms with Crippen LogP contribution in [0, 0.1) is 0 Å². The summed E-state index contributed by atoms with van der Waals surface area (Å²) in [5, 5.41) is 0. The van der Waals surface area contributed by atoms with E-state index in [-0.39, 0.29) is 0 Å². The van der Waals surface area contributed by atoms with Gasteiger partial charge in [-0.3, -0.25) is 0 Å². The molecule has 2 nitrogen and oxygen atoms in total. The van der Waals surface area contributed by atoms with Gasteiger partial charge < -0.3 is 8.97 Å². The lowest BCUT2D eigenvalue weighted by Crippen LogP contribution is -2.51. The molecule has 0 spiro atoms. The number of rotatable bonds is 36. The Hall–Kier alpha value is -0.860. The molecule has 0 aliphatic rings. The van der Waals surface area contributed by atoms with Gasteiger partial charge in [0.1, 0.15) is 0 Å². The maximum atomic E-state index is 2.52. The molecular formula is C46H90N2+2. The van der Waals surface area contributed by atoms with E-state index in [0.717, 1.165) is 0 Å². The number of nitrogens with zero attached hydrogens (tertiary/aromatic N) is 2. The normalized spacial score (nSPS) is 12.3. The summed E-state index contributed by atoms with van der Waals surface area (Å²) in [6, 6.07) is 10.1. The standard InChI is InChI=1S/C46H90N2/c1-7-13-19-25-37-47(38-26-20-14-8-2,39-27-21-15-9-3)43-35-45-31-33-46(34-32-45)36-44-48(40-28-22-16-10-4,41-29-23-17-11-5)42-30-24-18-12-6/h31-34H,7-30,35-44H2,1-6H3/q+2. The number of quaternary nitrogens is 2. The molecule has 2 heteroatoms. The summed E-state index contributed by atoms with van der Waals surface area (Å²) >= 11 is 0. The molecule has 0 radical (unpaired) electrons. The first kappa shape index (κ1) is 45.2. The van der Waals surface area contributed by atoms with Gasteiger partial charge in [0.05, 0.1) is 52.4 Å². The lowest BCUT2D eigenvalue weighted by Gasteiger charge is -2.40. The largest absolute Gasteiger partial charge is 0.323 e. The van der Waals surface area contributed by atoms with Crippen LogP contribution in [-0.4, -0.2) is 61.3 Å². The van der Waals surface area contributed by atoms with Crippen molar-refractivity contribution in [2.75, 3.05) is 52.4 Å². The zero-order chi connectivity index (χ0) is 35.0. The average molecular weight is 671 g/mol. The third kappa shape index (κ3) is 22.1. The SMILES string of the molecule is CCCCCC[N+](CCCCCC)(CCCCCC)CCc1ccc(CC[N+](CCCCCC)(CCCCCC)CCCCCC)cc1. The molecular weight excluding hydrogens is 581 g/mol. The van der Waals surface area contributed by atoms with E-state index in [2.05, 4.69) is 65.8 Å². The van der Waals surface area contributed by atoms with Gasteiger partial charge in [0.25, 0.3) is 0 Å². The summed E-state index contributed by atoms with van der Waals surface area (Å²) in [5.41, 5.74) is 3.16. The Morgan fingerprint density at radius 3 is 0.667 bits per heavy atom. The predicted octanol–water partition coefficient (Wildman–Crippen LogP) is 13.9. The third-order valence-corrected chi connectivity index (χ3v) is 11.7. The molecule has 282 valence electrons. The topological polar surface area (TPSA) is 0 Å². The molecule has 0 atom stereocenters. The molecule has 0 aliphatic heterocycles. The Balaban J connectivity index is 3.00. The van der Waals surface area contributed by atoms with Crippen LogP contribution < -0.4 is 0 Å². The minimum atomic E-state index is 1.25. The molecule has 48 heavy (non-hydrogen) atoms. The molecule has 1 rings (SSSR count). The summed E-state index contributed by atoms with van der Waals surface area (Å²) < 4.78 is 2.76. The number of hydrogen-bond donors (Lipinski definition) is 0. The summed E-state index contributed by atoms with van der Waals surface area (Å²) in [5.74, 6) is 0. The highest BCUT2D eigenvalue weighted by Crippen LogP contribution is 2.22. The first-order valence-electron chi connectivity index (χ1n) is 22.3. The Bertz CT molecular complexity index is 669. The van der Waals surface area contributed by atoms with E-state index >= 15 is 0 Å². The van der Waals surface area contributed by atoms with E-state index in [4.69, 9.17) is 0 Å². The predicted molar refractivity (Wildman–Crippen MR) is 218 cm³/mol. The molecule has 0 aromatic heterocycles. The van der Waals surface area contributed by atoms with Crippen LogP contribution in [0.4, 0.5) is 0 Å². The average Bonchev–Trinajstić information content (AvgIpc) is 3.11. The maximum Gasteiger partial charge on any atom is 0.0827 e. The van der Waals surface area contributed by atoms with Crippen molar-refractivity contribution in [1.29, 1.82) is 0 Å². The Morgan fingerprint density at radius 2 is 0.479 bits per heavy atom. The molecule has 0 N–H and O–H groups in total. The molecule has 0 saturated heterocycles. The van der Waals surface area contributed by atoms with Crippen molar-refractivity contribution >= 4 is 0 Å². The van der Waals surface area contributed by atoms with Crippen molar-refractivity contribution in [1.82, 2.24) is 0 Å². The molecule has 0 unspecified atom stereocenters. The van der Waals surface area contributed by atoms with E-state index < -0.39 is 0 Å². The van der Waals surface area contributed by atoms with Gasteiger partial charge in [-0.05, 0) is 88.2 Å². The lowest BCUT2D eigenvalue weighted by atomic mass is 10.0. The smallest absolute Gasteiger partial charge is 0.0827 e. The van der Waals surface area contributed by atoms with Crippen LogP contribution in [0.2, 0.25) is 0 Å². The van der Waals surface area contributed by atoms with Gasteiger partial charge in [0.2, 0.25) is 0 Å². The van der Waals surface area contributed by atoms with Gasteiger partial charge in [-0.15, -0.1) is 0 Å². The molecule has 1 aromatic carbocycles. The first-order valence-corrected chi connectivity index (χ1v) is 22.3. The molecule has 0 heterocycles. The monoisotopic (exact) mass is 671 g/mol. The van der Waals surface area contributed by atoms with Crippen LogP contribution in [0.5, 0.6) is 0 Å². The zero-order valence-electron chi connectivity index (χ0n) is 34.2. The first-order chi connectivity index (χ1) is 23.5. The minimum absolute atomic E-state index is 1.25.